The molecule has 0 aliphatic heterocycles. The summed E-state index contributed by atoms with van der Waals surface area (Å²) in [6.07, 6.45) is 0. The Balaban J connectivity index is 1.03. The van der Waals surface area contributed by atoms with Crippen LogP contribution in [0.2, 0.25) is 0 Å². The Bertz CT molecular complexity index is 2860. The van der Waals surface area contributed by atoms with Crippen molar-refractivity contribution in [3.63, 3.8) is 0 Å². The van der Waals surface area contributed by atoms with Crippen LogP contribution in [0.15, 0.2) is 200 Å². The molecule has 10 rings (SSSR count). The van der Waals surface area contributed by atoms with Gasteiger partial charge < -0.3 is 4.90 Å². The van der Waals surface area contributed by atoms with Crippen LogP contribution in [0, 0.1) is 0 Å². The zero-order chi connectivity index (χ0) is 34.4. The van der Waals surface area contributed by atoms with Gasteiger partial charge in [-0.15, -0.1) is 11.3 Å². The SMILES string of the molecule is c1ccc(-c2ccc(N(c3ccc(-c4ccc5c(ccc6sc7ccccc7c65)c4)cc3)c3ccc(-c4cccc5ccccc45)cc3)cc2)cc1. The molecule has 10 aromatic rings. The van der Waals surface area contributed by atoms with Crippen molar-refractivity contribution in [3.05, 3.63) is 200 Å². The van der Waals surface area contributed by atoms with E-state index in [1.807, 2.05) is 11.3 Å². The van der Waals surface area contributed by atoms with Gasteiger partial charge in [-0.25, -0.2) is 0 Å². The van der Waals surface area contributed by atoms with Gasteiger partial charge in [0.2, 0.25) is 0 Å². The third-order valence-corrected chi connectivity index (χ3v) is 11.4. The summed E-state index contributed by atoms with van der Waals surface area (Å²) in [7, 11) is 0. The lowest BCUT2D eigenvalue weighted by atomic mass is 9.97. The minimum Gasteiger partial charge on any atom is -0.311 e. The number of benzene rings is 9. The topological polar surface area (TPSA) is 3.24 Å². The van der Waals surface area contributed by atoms with Crippen molar-refractivity contribution in [2.75, 3.05) is 4.90 Å². The van der Waals surface area contributed by atoms with Crippen molar-refractivity contribution in [2.45, 2.75) is 0 Å². The molecule has 0 saturated carbocycles. The molecule has 0 aliphatic carbocycles. The zero-order valence-electron chi connectivity index (χ0n) is 28.4. The Kier molecular flexibility index (Phi) is 7.41. The first-order valence-corrected chi connectivity index (χ1v) is 18.6. The molecule has 244 valence electrons. The van der Waals surface area contributed by atoms with Gasteiger partial charge in [0.1, 0.15) is 0 Å². The lowest BCUT2D eigenvalue weighted by Crippen LogP contribution is -2.09. The van der Waals surface area contributed by atoms with Crippen LogP contribution in [-0.2, 0) is 0 Å². The van der Waals surface area contributed by atoms with Crippen LogP contribution in [0.4, 0.5) is 17.1 Å². The maximum atomic E-state index is 2.35. The molecule has 0 N–H and O–H groups in total. The zero-order valence-corrected chi connectivity index (χ0v) is 29.2. The van der Waals surface area contributed by atoms with Crippen molar-refractivity contribution in [1.82, 2.24) is 0 Å². The smallest absolute Gasteiger partial charge is 0.0462 e. The molecule has 0 radical (unpaired) electrons. The molecule has 9 aromatic carbocycles. The number of hydrogen-bond acceptors (Lipinski definition) is 2. The van der Waals surface area contributed by atoms with E-state index in [1.165, 1.54) is 75.1 Å². The van der Waals surface area contributed by atoms with Crippen LogP contribution in [0.3, 0.4) is 0 Å². The molecule has 1 nitrogen and oxygen atoms in total. The van der Waals surface area contributed by atoms with Gasteiger partial charge in [0.05, 0.1) is 0 Å². The van der Waals surface area contributed by atoms with Crippen molar-refractivity contribution >= 4 is 70.1 Å². The van der Waals surface area contributed by atoms with Crippen molar-refractivity contribution < 1.29 is 0 Å². The molecule has 0 unspecified atom stereocenters. The fourth-order valence-corrected chi connectivity index (χ4v) is 8.81. The Morgan fingerprint density at radius 1 is 0.308 bits per heavy atom. The van der Waals surface area contributed by atoms with Gasteiger partial charge in [0.25, 0.3) is 0 Å². The number of hydrogen-bond donors (Lipinski definition) is 0. The summed E-state index contributed by atoms with van der Waals surface area (Å²) < 4.78 is 2.68. The number of fused-ring (bicyclic) bond motifs is 6. The molecule has 1 aromatic heterocycles. The molecule has 0 atom stereocenters. The Morgan fingerprint density at radius 2 is 0.865 bits per heavy atom. The summed E-state index contributed by atoms with van der Waals surface area (Å²) in [6, 6.07) is 72.8. The summed E-state index contributed by atoms with van der Waals surface area (Å²) in [6.45, 7) is 0. The Morgan fingerprint density at radius 3 is 1.60 bits per heavy atom. The minimum absolute atomic E-state index is 1.11. The highest BCUT2D eigenvalue weighted by Gasteiger charge is 2.15. The maximum Gasteiger partial charge on any atom is 0.0462 e. The quantitative estimate of drug-likeness (QED) is 0.169. The first kappa shape index (κ1) is 30.4. The van der Waals surface area contributed by atoms with Crippen LogP contribution >= 0.6 is 11.3 Å². The fourth-order valence-electron chi connectivity index (χ4n) is 7.68. The van der Waals surface area contributed by atoms with Crippen LogP contribution < -0.4 is 4.90 Å². The van der Waals surface area contributed by atoms with E-state index in [-0.39, 0.29) is 0 Å². The third kappa shape index (κ3) is 5.33. The third-order valence-electron chi connectivity index (χ3n) is 10.3. The predicted octanol–water partition coefficient (Wildman–Crippen LogP) is 14.8. The Hall–Kier alpha value is -6.48. The highest BCUT2D eigenvalue weighted by atomic mass is 32.1. The van der Waals surface area contributed by atoms with E-state index in [2.05, 4.69) is 205 Å². The molecule has 0 aliphatic rings. The molecular formula is C50H33NS. The first-order chi connectivity index (χ1) is 25.8. The van der Waals surface area contributed by atoms with Crippen LogP contribution in [-0.4, -0.2) is 0 Å². The summed E-state index contributed by atoms with van der Waals surface area (Å²) in [5.74, 6) is 0. The molecule has 52 heavy (non-hydrogen) atoms. The second kappa shape index (κ2) is 12.7. The van der Waals surface area contributed by atoms with Gasteiger partial charge in [-0.05, 0) is 110 Å². The van der Waals surface area contributed by atoms with E-state index in [9.17, 15) is 0 Å². The molecule has 0 spiro atoms. The standard InChI is InChI=1S/C50H33NS/c1-2-9-34(10-3-1)35-17-25-41(26-18-35)51(43-29-21-38(22-30-43)45-15-8-12-37-11-4-5-13-44(37)45)42-27-19-36(20-28-42)39-23-31-46-40(33-39)24-32-49-50(46)47-14-6-7-16-48(47)52-49/h1-33H. The summed E-state index contributed by atoms with van der Waals surface area (Å²) in [5, 5.41) is 7.80. The Labute approximate surface area is 307 Å². The van der Waals surface area contributed by atoms with E-state index in [1.54, 1.807) is 0 Å². The minimum atomic E-state index is 1.11. The van der Waals surface area contributed by atoms with Crippen LogP contribution in [0.25, 0.3) is 75.1 Å². The van der Waals surface area contributed by atoms with Gasteiger partial charge in [0, 0.05) is 37.2 Å². The second-order valence-electron chi connectivity index (χ2n) is 13.3. The molecular weight excluding hydrogens is 647 g/mol. The van der Waals surface area contributed by atoms with E-state index < -0.39 is 0 Å². The number of anilines is 3. The van der Waals surface area contributed by atoms with Crippen molar-refractivity contribution in [3.8, 4) is 33.4 Å². The summed E-state index contributed by atoms with van der Waals surface area (Å²) in [4.78, 5) is 2.35. The summed E-state index contributed by atoms with van der Waals surface area (Å²) in [5.41, 5.74) is 10.6. The largest absolute Gasteiger partial charge is 0.311 e. The lowest BCUT2D eigenvalue weighted by Gasteiger charge is -2.26. The van der Waals surface area contributed by atoms with Gasteiger partial charge >= 0.3 is 0 Å². The van der Waals surface area contributed by atoms with E-state index in [4.69, 9.17) is 0 Å². The second-order valence-corrected chi connectivity index (χ2v) is 14.4. The average molecular weight is 680 g/mol. The van der Waals surface area contributed by atoms with Gasteiger partial charge in [-0.3, -0.25) is 0 Å². The normalized spacial score (nSPS) is 11.5. The highest BCUT2D eigenvalue weighted by molar-refractivity contribution is 7.26. The van der Waals surface area contributed by atoms with Gasteiger partial charge in [-0.2, -0.15) is 0 Å². The number of thiophene rings is 1. The number of nitrogens with zero attached hydrogens (tertiary/aromatic N) is 1. The molecule has 0 fully saturated rings. The maximum absolute atomic E-state index is 2.35. The van der Waals surface area contributed by atoms with E-state index in [0.29, 0.717) is 0 Å². The van der Waals surface area contributed by atoms with Gasteiger partial charge in [0.15, 0.2) is 0 Å². The van der Waals surface area contributed by atoms with Gasteiger partial charge in [-0.1, -0.05) is 146 Å². The van der Waals surface area contributed by atoms with E-state index >= 15 is 0 Å². The van der Waals surface area contributed by atoms with Crippen molar-refractivity contribution in [1.29, 1.82) is 0 Å². The van der Waals surface area contributed by atoms with Crippen LogP contribution in [0.1, 0.15) is 0 Å². The molecule has 0 amide bonds. The molecule has 0 saturated heterocycles. The predicted molar refractivity (Wildman–Crippen MR) is 225 cm³/mol. The number of rotatable bonds is 6. The van der Waals surface area contributed by atoms with E-state index in [0.717, 1.165) is 17.1 Å². The van der Waals surface area contributed by atoms with Crippen molar-refractivity contribution in [2.24, 2.45) is 0 Å². The highest BCUT2D eigenvalue weighted by Crippen LogP contribution is 2.41. The molecule has 1 heterocycles. The average Bonchev–Trinajstić information content (AvgIpc) is 3.61. The monoisotopic (exact) mass is 679 g/mol. The van der Waals surface area contributed by atoms with Crippen LogP contribution in [0.5, 0.6) is 0 Å². The molecule has 2 heteroatoms. The fraction of sp³-hybridized carbons (Fsp3) is 0. The molecule has 0 bridgehead atoms. The first-order valence-electron chi connectivity index (χ1n) is 17.8. The summed E-state index contributed by atoms with van der Waals surface area (Å²) >= 11 is 1.87. The lowest BCUT2D eigenvalue weighted by molar-refractivity contribution is 1.28.